The summed E-state index contributed by atoms with van der Waals surface area (Å²) in [4.78, 5) is 25.3. The van der Waals surface area contributed by atoms with E-state index < -0.39 is 11.9 Å². The van der Waals surface area contributed by atoms with Gasteiger partial charge in [-0.05, 0) is 18.2 Å². The lowest BCUT2D eigenvalue weighted by atomic mass is 10.2. The molecule has 1 aromatic heterocycles. The van der Waals surface area contributed by atoms with Crippen LogP contribution in [0.5, 0.6) is 0 Å². The lowest BCUT2D eigenvalue weighted by Gasteiger charge is -1.94. The number of aromatic carboxylic acids is 1. The molecule has 1 heterocycles. The van der Waals surface area contributed by atoms with E-state index in [0.717, 1.165) is 0 Å². The van der Waals surface area contributed by atoms with Crippen LogP contribution < -0.4 is 11.1 Å². The van der Waals surface area contributed by atoms with Crippen molar-refractivity contribution in [2.75, 3.05) is 11.9 Å². The van der Waals surface area contributed by atoms with E-state index in [-0.39, 0.29) is 18.1 Å². The molecule has 0 aliphatic rings. The second kappa shape index (κ2) is 4.12. The topological polar surface area (TPSA) is 118 Å². The van der Waals surface area contributed by atoms with Gasteiger partial charge in [0.05, 0.1) is 12.1 Å². The van der Waals surface area contributed by atoms with Crippen LogP contribution in [-0.2, 0) is 4.79 Å². The summed E-state index contributed by atoms with van der Waals surface area (Å²) in [5.41, 5.74) is 5.89. The Labute approximate surface area is 95.2 Å². The second-order valence-corrected chi connectivity index (χ2v) is 3.33. The van der Waals surface area contributed by atoms with Gasteiger partial charge in [-0.15, -0.1) is 0 Å². The number of nitrogens with one attached hydrogen (secondary N) is 1. The SMILES string of the molecule is NC(=O)CNc1nc2ccc(C(=O)O)cc2o1. The third-order valence-corrected chi connectivity index (χ3v) is 2.05. The zero-order valence-corrected chi connectivity index (χ0v) is 8.64. The number of rotatable bonds is 4. The van der Waals surface area contributed by atoms with Crippen LogP contribution in [0.2, 0.25) is 0 Å². The third-order valence-electron chi connectivity index (χ3n) is 2.05. The minimum absolute atomic E-state index is 0.0986. The molecule has 4 N–H and O–H groups in total. The Kier molecular flexibility index (Phi) is 2.65. The molecule has 0 bridgehead atoms. The summed E-state index contributed by atoms with van der Waals surface area (Å²) in [7, 11) is 0. The molecule has 7 heteroatoms. The molecule has 0 unspecified atom stereocenters. The Morgan fingerprint density at radius 1 is 1.47 bits per heavy atom. The molecule has 17 heavy (non-hydrogen) atoms. The fourth-order valence-electron chi connectivity index (χ4n) is 1.30. The van der Waals surface area contributed by atoms with Crippen molar-refractivity contribution in [2.24, 2.45) is 5.73 Å². The molecule has 0 radical (unpaired) electrons. The maximum Gasteiger partial charge on any atom is 0.335 e. The molecule has 0 fully saturated rings. The molecular formula is C10H9N3O4. The van der Waals surface area contributed by atoms with Gasteiger partial charge in [0.15, 0.2) is 5.58 Å². The standard InChI is InChI=1S/C10H9N3O4/c11-8(14)4-12-10-13-6-2-1-5(9(15)16)3-7(6)17-10/h1-3H,4H2,(H2,11,14)(H,12,13)(H,15,16). The molecule has 0 atom stereocenters. The number of benzene rings is 1. The fourth-order valence-corrected chi connectivity index (χ4v) is 1.30. The first-order chi connectivity index (χ1) is 8.06. The lowest BCUT2D eigenvalue weighted by Crippen LogP contribution is -2.21. The summed E-state index contributed by atoms with van der Waals surface area (Å²) in [5.74, 6) is -1.59. The third kappa shape index (κ3) is 2.33. The minimum Gasteiger partial charge on any atom is -0.478 e. The van der Waals surface area contributed by atoms with Crippen molar-refractivity contribution in [3.63, 3.8) is 0 Å². The predicted octanol–water partition coefficient (Wildman–Crippen LogP) is 0.423. The summed E-state index contributed by atoms with van der Waals surface area (Å²) < 4.78 is 5.22. The Hall–Kier alpha value is -2.57. The molecule has 7 nitrogen and oxygen atoms in total. The minimum atomic E-state index is -1.05. The monoisotopic (exact) mass is 235 g/mol. The van der Waals surface area contributed by atoms with Gasteiger partial charge >= 0.3 is 5.97 Å². The van der Waals surface area contributed by atoms with Crippen LogP contribution in [0.15, 0.2) is 22.6 Å². The van der Waals surface area contributed by atoms with E-state index >= 15 is 0 Å². The number of carbonyl (C=O) groups excluding carboxylic acids is 1. The predicted molar refractivity (Wildman–Crippen MR) is 58.7 cm³/mol. The van der Waals surface area contributed by atoms with Crippen LogP contribution in [0.1, 0.15) is 10.4 Å². The van der Waals surface area contributed by atoms with Crippen LogP contribution in [0.4, 0.5) is 6.01 Å². The average Bonchev–Trinajstić information content (AvgIpc) is 2.67. The second-order valence-electron chi connectivity index (χ2n) is 3.33. The number of primary amides is 1. The number of anilines is 1. The van der Waals surface area contributed by atoms with Gasteiger partial charge in [0.1, 0.15) is 5.52 Å². The smallest absolute Gasteiger partial charge is 0.335 e. The number of carboxylic acid groups (broad SMARTS) is 1. The number of nitrogens with two attached hydrogens (primary N) is 1. The summed E-state index contributed by atoms with van der Waals surface area (Å²) in [6, 6.07) is 4.43. The van der Waals surface area contributed by atoms with Crippen molar-refractivity contribution in [2.45, 2.75) is 0 Å². The van der Waals surface area contributed by atoms with Crippen molar-refractivity contribution < 1.29 is 19.1 Å². The maximum absolute atomic E-state index is 10.7. The molecule has 1 aromatic carbocycles. The van der Waals surface area contributed by atoms with Gasteiger partial charge in [-0.2, -0.15) is 4.98 Å². The summed E-state index contributed by atoms with van der Waals surface area (Å²) in [6.45, 7) is -0.0986. The van der Waals surface area contributed by atoms with Crippen LogP contribution in [0, 0.1) is 0 Å². The van der Waals surface area contributed by atoms with Gasteiger partial charge in [-0.3, -0.25) is 4.79 Å². The van der Waals surface area contributed by atoms with Gasteiger partial charge in [-0.1, -0.05) is 0 Å². The van der Waals surface area contributed by atoms with E-state index in [4.69, 9.17) is 15.3 Å². The number of carbonyl (C=O) groups is 2. The van der Waals surface area contributed by atoms with E-state index in [2.05, 4.69) is 10.3 Å². The Morgan fingerprint density at radius 3 is 2.88 bits per heavy atom. The van der Waals surface area contributed by atoms with Crippen LogP contribution in [0.3, 0.4) is 0 Å². The number of hydrogen-bond donors (Lipinski definition) is 3. The molecule has 2 rings (SSSR count). The lowest BCUT2D eigenvalue weighted by molar-refractivity contribution is -0.116. The van der Waals surface area contributed by atoms with Crippen molar-refractivity contribution >= 4 is 29.0 Å². The van der Waals surface area contributed by atoms with Crippen molar-refractivity contribution in [3.05, 3.63) is 23.8 Å². The summed E-state index contributed by atoms with van der Waals surface area (Å²) >= 11 is 0. The van der Waals surface area contributed by atoms with E-state index in [1.54, 1.807) is 0 Å². The number of amides is 1. The van der Waals surface area contributed by atoms with E-state index in [1.165, 1.54) is 18.2 Å². The molecule has 0 saturated carbocycles. The van der Waals surface area contributed by atoms with Crippen molar-refractivity contribution in [1.82, 2.24) is 4.98 Å². The van der Waals surface area contributed by atoms with Crippen LogP contribution in [-0.4, -0.2) is 28.5 Å². The zero-order valence-electron chi connectivity index (χ0n) is 8.64. The van der Waals surface area contributed by atoms with E-state index in [9.17, 15) is 9.59 Å². The Bertz CT molecular complexity index is 590. The molecule has 88 valence electrons. The number of oxazole rings is 1. The highest BCUT2D eigenvalue weighted by atomic mass is 16.4. The largest absolute Gasteiger partial charge is 0.478 e. The van der Waals surface area contributed by atoms with Crippen molar-refractivity contribution in [1.29, 1.82) is 0 Å². The maximum atomic E-state index is 10.7. The molecule has 0 aliphatic heterocycles. The first-order valence-electron chi connectivity index (χ1n) is 4.72. The summed E-state index contributed by atoms with van der Waals surface area (Å²) in [6.07, 6.45) is 0. The van der Waals surface area contributed by atoms with Crippen molar-refractivity contribution in [3.8, 4) is 0 Å². The van der Waals surface area contributed by atoms with E-state index in [0.29, 0.717) is 11.1 Å². The van der Waals surface area contributed by atoms with Gasteiger partial charge in [0, 0.05) is 0 Å². The van der Waals surface area contributed by atoms with Crippen LogP contribution in [0.25, 0.3) is 11.1 Å². The normalized spacial score (nSPS) is 10.4. The number of hydrogen-bond acceptors (Lipinski definition) is 5. The van der Waals surface area contributed by atoms with Crippen LogP contribution >= 0.6 is 0 Å². The molecule has 0 spiro atoms. The number of fused-ring (bicyclic) bond motifs is 1. The van der Waals surface area contributed by atoms with Gasteiger partial charge < -0.3 is 20.6 Å². The zero-order chi connectivity index (χ0) is 12.4. The number of aromatic nitrogens is 1. The highest BCUT2D eigenvalue weighted by molar-refractivity contribution is 5.92. The van der Waals surface area contributed by atoms with Gasteiger partial charge in [0.25, 0.3) is 6.01 Å². The average molecular weight is 235 g/mol. The highest BCUT2D eigenvalue weighted by Gasteiger charge is 2.09. The quantitative estimate of drug-likeness (QED) is 0.706. The first-order valence-corrected chi connectivity index (χ1v) is 4.72. The summed E-state index contributed by atoms with van der Waals surface area (Å²) in [5, 5.41) is 11.4. The Balaban J connectivity index is 2.30. The molecule has 0 saturated heterocycles. The number of carboxylic acids is 1. The highest BCUT2D eigenvalue weighted by Crippen LogP contribution is 2.20. The van der Waals surface area contributed by atoms with E-state index in [1.807, 2.05) is 0 Å². The first kappa shape index (κ1) is 10.9. The number of nitrogens with zero attached hydrogens (tertiary/aromatic N) is 1. The Morgan fingerprint density at radius 2 is 2.24 bits per heavy atom. The van der Waals surface area contributed by atoms with Gasteiger partial charge in [-0.25, -0.2) is 4.79 Å². The molecule has 2 aromatic rings. The molecule has 1 amide bonds. The molecular weight excluding hydrogens is 226 g/mol. The molecule has 0 aliphatic carbocycles. The fraction of sp³-hybridized carbons (Fsp3) is 0.100. The van der Waals surface area contributed by atoms with Gasteiger partial charge in [0.2, 0.25) is 5.91 Å².